The number of aromatic amines is 1. The molecule has 0 saturated carbocycles. The van der Waals surface area contributed by atoms with Gasteiger partial charge in [0, 0.05) is 24.0 Å². The summed E-state index contributed by atoms with van der Waals surface area (Å²) in [7, 11) is 0. The average Bonchev–Trinajstić information content (AvgIpc) is 3.12. The SMILES string of the molecule is CC(NC(=O)C1CCN(c2nc3ccc(Cl)cc3[nH]2)CC1)c1ccccc1. The van der Waals surface area contributed by atoms with Crippen molar-refractivity contribution in [2.75, 3.05) is 18.0 Å². The molecule has 2 heterocycles. The van der Waals surface area contributed by atoms with Gasteiger partial charge in [0.25, 0.3) is 0 Å². The molecule has 2 N–H and O–H groups in total. The highest BCUT2D eigenvalue weighted by Gasteiger charge is 2.27. The number of imidazole rings is 1. The third-order valence-electron chi connectivity index (χ3n) is 5.26. The summed E-state index contributed by atoms with van der Waals surface area (Å²) in [6.45, 7) is 3.65. The van der Waals surface area contributed by atoms with E-state index in [4.69, 9.17) is 11.6 Å². The second-order valence-electron chi connectivity index (χ2n) is 7.12. The Balaban J connectivity index is 1.36. The number of hydrogen-bond donors (Lipinski definition) is 2. The summed E-state index contributed by atoms with van der Waals surface area (Å²) in [6, 6.07) is 15.7. The van der Waals surface area contributed by atoms with Gasteiger partial charge in [-0.2, -0.15) is 0 Å². The molecule has 1 atom stereocenters. The lowest BCUT2D eigenvalue weighted by Crippen LogP contribution is -2.41. The van der Waals surface area contributed by atoms with Crippen LogP contribution in [0.15, 0.2) is 48.5 Å². The van der Waals surface area contributed by atoms with E-state index in [2.05, 4.69) is 20.2 Å². The molecule has 1 aliphatic heterocycles. The summed E-state index contributed by atoms with van der Waals surface area (Å²) >= 11 is 6.05. The molecule has 2 aromatic carbocycles. The van der Waals surface area contributed by atoms with E-state index in [0.29, 0.717) is 5.02 Å². The van der Waals surface area contributed by atoms with Crippen molar-refractivity contribution in [3.8, 4) is 0 Å². The number of aromatic nitrogens is 2. The van der Waals surface area contributed by atoms with Crippen LogP contribution in [-0.4, -0.2) is 29.0 Å². The van der Waals surface area contributed by atoms with Gasteiger partial charge in [-0.1, -0.05) is 41.9 Å². The number of hydrogen-bond acceptors (Lipinski definition) is 3. The zero-order valence-electron chi connectivity index (χ0n) is 15.3. The lowest BCUT2D eigenvalue weighted by atomic mass is 9.95. The van der Waals surface area contributed by atoms with Gasteiger partial charge in [0.15, 0.2) is 0 Å². The number of halogens is 1. The fraction of sp³-hybridized carbons (Fsp3) is 0.333. The first kappa shape index (κ1) is 17.9. The Morgan fingerprint density at radius 1 is 1.22 bits per heavy atom. The van der Waals surface area contributed by atoms with Gasteiger partial charge < -0.3 is 15.2 Å². The zero-order valence-corrected chi connectivity index (χ0v) is 16.0. The molecule has 1 unspecified atom stereocenters. The van der Waals surface area contributed by atoms with Crippen molar-refractivity contribution in [1.82, 2.24) is 15.3 Å². The van der Waals surface area contributed by atoms with Gasteiger partial charge in [0.2, 0.25) is 11.9 Å². The summed E-state index contributed by atoms with van der Waals surface area (Å²) in [5.41, 5.74) is 2.98. The van der Waals surface area contributed by atoms with E-state index in [-0.39, 0.29) is 17.9 Å². The number of fused-ring (bicyclic) bond motifs is 1. The van der Waals surface area contributed by atoms with Crippen LogP contribution in [0, 0.1) is 5.92 Å². The first-order valence-corrected chi connectivity index (χ1v) is 9.73. The smallest absolute Gasteiger partial charge is 0.223 e. The molecule has 27 heavy (non-hydrogen) atoms. The van der Waals surface area contributed by atoms with Crippen LogP contribution in [0.3, 0.4) is 0 Å². The first-order chi connectivity index (χ1) is 13.1. The average molecular weight is 383 g/mol. The number of carbonyl (C=O) groups excluding carboxylic acids is 1. The normalized spacial score (nSPS) is 16.4. The van der Waals surface area contributed by atoms with Gasteiger partial charge in [-0.3, -0.25) is 4.79 Å². The molecule has 0 spiro atoms. The van der Waals surface area contributed by atoms with Crippen molar-refractivity contribution in [1.29, 1.82) is 0 Å². The van der Waals surface area contributed by atoms with Crippen molar-refractivity contribution in [2.45, 2.75) is 25.8 Å². The van der Waals surface area contributed by atoms with E-state index in [0.717, 1.165) is 48.5 Å². The van der Waals surface area contributed by atoms with E-state index in [1.165, 1.54) is 0 Å². The van der Waals surface area contributed by atoms with Gasteiger partial charge in [-0.25, -0.2) is 4.98 Å². The Labute approximate surface area is 163 Å². The molecule has 0 bridgehead atoms. The highest BCUT2D eigenvalue weighted by atomic mass is 35.5. The summed E-state index contributed by atoms with van der Waals surface area (Å²) in [5.74, 6) is 1.04. The summed E-state index contributed by atoms with van der Waals surface area (Å²) in [5, 5.41) is 3.85. The standard InChI is InChI=1S/C21H23ClN4O/c1-14(15-5-3-2-4-6-15)23-20(27)16-9-11-26(12-10-16)21-24-18-8-7-17(22)13-19(18)25-21/h2-8,13-14,16H,9-12H2,1H3,(H,23,27)(H,24,25). The fourth-order valence-electron chi connectivity index (χ4n) is 3.63. The molecule has 4 rings (SSSR count). The number of nitrogens with zero attached hydrogens (tertiary/aromatic N) is 2. The van der Waals surface area contributed by atoms with Crippen molar-refractivity contribution in [3.63, 3.8) is 0 Å². The Morgan fingerprint density at radius 3 is 2.70 bits per heavy atom. The summed E-state index contributed by atoms with van der Waals surface area (Å²) in [6.07, 6.45) is 1.65. The van der Waals surface area contributed by atoms with Crippen LogP contribution < -0.4 is 10.2 Å². The molecule has 1 aromatic heterocycles. The predicted octanol–water partition coefficient (Wildman–Crippen LogP) is 4.31. The summed E-state index contributed by atoms with van der Waals surface area (Å²) < 4.78 is 0. The van der Waals surface area contributed by atoms with Crippen LogP contribution in [0.5, 0.6) is 0 Å². The fourth-order valence-corrected chi connectivity index (χ4v) is 3.80. The molecule has 0 aliphatic carbocycles. The largest absolute Gasteiger partial charge is 0.349 e. The summed E-state index contributed by atoms with van der Waals surface area (Å²) in [4.78, 5) is 22.8. The van der Waals surface area contributed by atoms with E-state index in [1.54, 1.807) is 0 Å². The minimum Gasteiger partial charge on any atom is -0.349 e. The quantitative estimate of drug-likeness (QED) is 0.706. The molecule has 1 saturated heterocycles. The van der Waals surface area contributed by atoms with Crippen LogP contribution in [0.25, 0.3) is 11.0 Å². The second kappa shape index (κ2) is 7.61. The number of anilines is 1. The topological polar surface area (TPSA) is 61.0 Å². The lowest BCUT2D eigenvalue weighted by molar-refractivity contribution is -0.126. The van der Waals surface area contributed by atoms with E-state index in [9.17, 15) is 4.79 Å². The van der Waals surface area contributed by atoms with E-state index >= 15 is 0 Å². The molecule has 1 amide bonds. The Morgan fingerprint density at radius 2 is 1.96 bits per heavy atom. The number of carbonyl (C=O) groups is 1. The molecule has 5 nitrogen and oxygen atoms in total. The van der Waals surface area contributed by atoms with Crippen LogP contribution in [0.1, 0.15) is 31.4 Å². The molecule has 140 valence electrons. The number of benzene rings is 2. The highest BCUT2D eigenvalue weighted by Crippen LogP contribution is 2.25. The maximum Gasteiger partial charge on any atom is 0.223 e. The van der Waals surface area contributed by atoms with Gasteiger partial charge in [0.05, 0.1) is 17.1 Å². The zero-order chi connectivity index (χ0) is 18.8. The highest BCUT2D eigenvalue weighted by molar-refractivity contribution is 6.31. The van der Waals surface area contributed by atoms with E-state index in [1.807, 2.05) is 55.5 Å². The number of amides is 1. The van der Waals surface area contributed by atoms with Gasteiger partial charge in [0.1, 0.15) is 0 Å². The van der Waals surface area contributed by atoms with Crippen LogP contribution in [0.4, 0.5) is 5.95 Å². The number of nitrogens with one attached hydrogen (secondary N) is 2. The monoisotopic (exact) mass is 382 g/mol. The second-order valence-corrected chi connectivity index (χ2v) is 7.56. The number of piperidine rings is 1. The van der Waals surface area contributed by atoms with E-state index < -0.39 is 0 Å². The van der Waals surface area contributed by atoms with Crippen molar-refractivity contribution in [2.24, 2.45) is 5.92 Å². The van der Waals surface area contributed by atoms with Crippen molar-refractivity contribution >= 4 is 34.5 Å². The maximum absolute atomic E-state index is 12.6. The molecular weight excluding hydrogens is 360 g/mol. The van der Waals surface area contributed by atoms with Gasteiger partial charge in [-0.15, -0.1) is 0 Å². The number of rotatable bonds is 4. The van der Waals surface area contributed by atoms with Gasteiger partial charge >= 0.3 is 0 Å². The van der Waals surface area contributed by atoms with Crippen molar-refractivity contribution < 1.29 is 4.79 Å². The van der Waals surface area contributed by atoms with Crippen LogP contribution >= 0.6 is 11.6 Å². The third kappa shape index (κ3) is 3.93. The Hall–Kier alpha value is -2.53. The van der Waals surface area contributed by atoms with Crippen LogP contribution in [0.2, 0.25) is 5.02 Å². The molecule has 1 aliphatic rings. The van der Waals surface area contributed by atoms with Gasteiger partial charge in [-0.05, 0) is 43.5 Å². The number of H-pyrrole nitrogens is 1. The lowest BCUT2D eigenvalue weighted by Gasteiger charge is -2.31. The molecule has 6 heteroatoms. The maximum atomic E-state index is 12.6. The first-order valence-electron chi connectivity index (χ1n) is 9.35. The minimum absolute atomic E-state index is 0.0249. The van der Waals surface area contributed by atoms with Crippen molar-refractivity contribution in [3.05, 3.63) is 59.1 Å². The Bertz CT molecular complexity index is 932. The molecular formula is C21H23ClN4O. The predicted molar refractivity (Wildman–Crippen MR) is 109 cm³/mol. The third-order valence-corrected chi connectivity index (χ3v) is 5.49. The molecule has 3 aromatic rings. The Kier molecular flexibility index (Phi) is 5.03. The van der Waals surface area contributed by atoms with Crippen LogP contribution in [-0.2, 0) is 4.79 Å². The molecule has 0 radical (unpaired) electrons. The molecule has 1 fully saturated rings. The minimum atomic E-state index is 0.0249.